The summed E-state index contributed by atoms with van der Waals surface area (Å²) in [6, 6.07) is 13.2. The minimum absolute atomic E-state index is 0.0295. The van der Waals surface area contributed by atoms with Crippen LogP contribution < -0.4 is 15.8 Å². The van der Waals surface area contributed by atoms with E-state index in [1.165, 1.54) is 0 Å². The van der Waals surface area contributed by atoms with Gasteiger partial charge in [-0.15, -0.1) is 0 Å². The smallest absolute Gasteiger partial charge is 0.119 e. The fourth-order valence-electron chi connectivity index (χ4n) is 1.90. The molecule has 1 unspecified atom stereocenters. The van der Waals surface area contributed by atoms with Gasteiger partial charge in [0.1, 0.15) is 5.75 Å². The van der Waals surface area contributed by atoms with Crippen molar-refractivity contribution in [1.29, 1.82) is 0 Å². The molecule has 106 valence electrons. The van der Waals surface area contributed by atoms with E-state index < -0.39 is 0 Å². The van der Waals surface area contributed by atoms with Gasteiger partial charge in [-0.1, -0.05) is 29.3 Å². The van der Waals surface area contributed by atoms with Crippen LogP contribution in [0.3, 0.4) is 0 Å². The second-order valence-electron chi connectivity index (χ2n) is 4.33. The highest BCUT2D eigenvalue weighted by Gasteiger charge is 2.11. The third kappa shape index (κ3) is 3.57. The molecule has 0 aliphatic heterocycles. The molecule has 3 nitrogen and oxygen atoms in total. The number of rotatable bonds is 5. The Morgan fingerprint density at radius 1 is 1.10 bits per heavy atom. The monoisotopic (exact) mass is 310 g/mol. The molecule has 0 fully saturated rings. The minimum Gasteiger partial charge on any atom is -0.497 e. The molecule has 2 rings (SSSR count). The average Bonchev–Trinajstić information content (AvgIpc) is 2.48. The van der Waals surface area contributed by atoms with Crippen molar-refractivity contribution in [1.82, 2.24) is 0 Å². The number of hydrogen-bond acceptors (Lipinski definition) is 3. The molecule has 0 amide bonds. The molecule has 0 aliphatic rings. The Kier molecular flexibility index (Phi) is 5.12. The van der Waals surface area contributed by atoms with Crippen LogP contribution in [0.5, 0.6) is 5.75 Å². The number of nitrogens with two attached hydrogens (primary N) is 1. The maximum atomic E-state index is 6.04. The molecule has 0 bridgehead atoms. The summed E-state index contributed by atoms with van der Waals surface area (Å²) in [4.78, 5) is 0. The highest BCUT2D eigenvalue weighted by Crippen LogP contribution is 2.27. The molecule has 3 N–H and O–H groups in total. The van der Waals surface area contributed by atoms with Gasteiger partial charge in [0.05, 0.1) is 23.2 Å². The van der Waals surface area contributed by atoms with Crippen LogP contribution in [0, 0.1) is 0 Å². The lowest BCUT2D eigenvalue weighted by Crippen LogP contribution is -2.20. The van der Waals surface area contributed by atoms with Crippen molar-refractivity contribution >= 4 is 28.9 Å². The molecule has 0 radical (unpaired) electrons. The summed E-state index contributed by atoms with van der Waals surface area (Å²) in [6.07, 6.45) is 0. The first kappa shape index (κ1) is 15.0. The topological polar surface area (TPSA) is 47.3 Å². The number of nitrogens with one attached hydrogen (secondary N) is 1. The lowest BCUT2D eigenvalue weighted by Gasteiger charge is -2.19. The van der Waals surface area contributed by atoms with Crippen molar-refractivity contribution < 1.29 is 4.74 Å². The Bertz CT molecular complexity index is 573. The molecule has 5 heteroatoms. The van der Waals surface area contributed by atoms with E-state index in [1.54, 1.807) is 13.2 Å². The van der Waals surface area contributed by atoms with Crippen LogP contribution in [0.1, 0.15) is 11.6 Å². The van der Waals surface area contributed by atoms with Gasteiger partial charge in [0.15, 0.2) is 0 Å². The maximum absolute atomic E-state index is 6.04. The number of ether oxygens (including phenoxy) is 1. The van der Waals surface area contributed by atoms with Gasteiger partial charge in [0.25, 0.3) is 0 Å². The molecule has 2 aromatic carbocycles. The predicted octanol–water partition coefficient (Wildman–Crippen LogP) is 4.11. The van der Waals surface area contributed by atoms with Gasteiger partial charge in [0.2, 0.25) is 0 Å². The highest BCUT2D eigenvalue weighted by molar-refractivity contribution is 6.42. The van der Waals surface area contributed by atoms with E-state index in [1.807, 2.05) is 36.4 Å². The number of hydrogen-bond donors (Lipinski definition) is 2. The Morgan fingerprint density at radius 3 is 2.35 bits per heavy atom. The van der Waals surface area contributed by atoms with Crippen LogP contribution in [0.2, 0.25) is 10.0 Å². The van der Waals surface area contributed by atoms with Crippen molar-refractivity contribution in [2.24, 2.45) is 5.73 Å². The van der Waals surface area contributed by atoms with Gasteiger partial charge < -0.3 is 15.8 Å². The summed E-state index contributed by atoms with van der Waals surface area (Å²) in [5.41, 5.74) is 7.80. The van der Waals surface area contributed by atoms with Gasteiger partial charge in [-0.05, 0) is 42.0 Å². The first-order chi connectivity index (χ1) is 9.63. The summed E-state index contributed by atoms with van der Waals surface area (Å²) in [5, 5.41) is 4.43. The lowest BCUT2D eigenvalue weighted by atomic mass is 10.1. The van der Waals surface area contributed by atoms with Crippen molar-refractivity contribution in [2.75, 3.05) is 19.0 Å². The second kappa shape index (κ2) is 6.84. The van der Waals surface area contributed by atoms with E-state index in [9.17, 15) is 0 Å². The van der Waals surface area contributed by atoms with Crippen molar-refractivity contribution in [3.8, 4) is 5.75 Å². The Morgan fingerprint density at radius 2 is 1.80 bits per heavy atom. The zero-order valence-corrected chi connectivity index (χ0v) is 12.6. The Hall–Kier alpha value is -1.42. The van der Waals surface area contributed by atoms with Gasteiger partial charge >= 0.3 is 0 Å². The van der Waals surface area contributed by atoms with Crippen LogP contribution in [0.25, 0.3) is 0 Å². The number of methoxy groups -OCH3 is 1. The van der Waals surface area contributed by atoms with Crippen molar-refractivity contribution in [3.05, 3.63) is 58.1 Å². The molecular weight excluding hydrogens is 295 g/mol. The van der Waals surface area contributed by atoms with Crippen LogP contribution in [-0.2, 0) is 0 Å². The zero-order chi connectivity index (χ0) is 14.5. The van der Waals surface area contributed by atoms with E-state index in [2.05, 4.69) is 5.32 Å². The standard InChI is InChI=1S/C15H16Cl2N2O/c1-20-12-5-3-11(4-6-12)19-15(9-18)10-2-7-13(16)14(17)8-10/h2-8,15,19H,9,18H2,1H3. The van der Waals surface area contributed by atoms with Crippen LogP contribution in [0.15, 0.2) is 42.5 Å². The quantitative estimate of drug-likeness (QED) is 0.873. The lowest BCUT2D eigenvalue weighted by molar-refractivity contribution is 0.415. The summed E-state index contributed by atoms with van der Waals surface area (Å²) in [6.45, 7) is 0.448. The first-order valence-electron chi connectivity index (χ1n) is 6.19. The van der Waals surface area contributed by atoms with E-state index in [4.69, 9.17) is 33.7 Å². The van der Waals surface area contributed by atoms with Gasteiger partial charge in [-0.2, -0.15) is 0 Å². The largest absolute Gasteiger partial charge is 0.497 e. The molecule has 0 aliphatic carbocycles. The number of benzene rings is 2. The van der Waals surface area contributed by atoms with Gasteiger partial charge in [-0.3, -0.25) is 0 Å². The normalized spacial score (nSPS) is 12.0. The number of anilines is 1. The van der Waals surface area contributed by atoms with Gasteiger partial charge in [0, 0.05) is 12.2 Å². The summed E-state index contributed by atoms with van der Waals surface area (Å²) in [5.74, 6) is 0.814. The molecule has 0 saturated heterocycles. The van der Waals surface area contributed by atoms with Crippen molar-refractivity contribution in [2.45, 2.75) is 6.04 Å². The minimum atomic E-state index is -0.0295. The van der Waals surface area contributed by atoms with E-state index in [0.717, 1.165) is 17.0 Å². The first-order valence-corrected chi connectivity index (χ1v) is 6.95. The van der Waals surface area contributed by atoms with Crippen LogP contribution in [0.4, 0.5) is 5.69 Å². The van der Waals surface area contributed by atoms with Crippen molar-refractivity contribution in [3.63, 3.8) is 0 Å². The highest BCUT2D eigenvalue weighted by atomic mass is 35.5. The fraction of sp³-hybridized carbons (Fsp3) is 0.200. The summed E-state index contributed by atoms with van der Waals surface area (Å²) >= 11 is 12.0. The molecule has 0 spiro atoms. The van der Waals surface area contributed by atoms with E-state index in [-0.39, 0.29) is 6.04 Å². The van der Waals surface area contributed by atoms with E-state index >= 15 is 0 Å². The SMILES string of the molecule is COc1ccc(NC(CN)c2ccc(Cl)c(Cl)c2)cc1. The number of halogens is 2. The summed E-state index contributed by atoms with van der Waals surface area (Å²) < 4.78 is 5.13. The molecule has 1 atom stereocenters. The average molecular weight is 311 g/mol. The molecule has 20 heavy (non-hydrogen) atoms. The molecule has 0 heterocycles. The van der Waals surface area contributed by atoms with Gasteiger partial charge in [-0.25, -0.2) is 0 Å². The second-order valence-corrected chi connectivity index (χ2v) is 5.15. The maximum Gasteiger partial charge on any atom is 0.119 e. The zero-order valence-electron chi connectivity index (χ0n) is 11.1. The molecule has 0 aromatic heterocycles. The molecule has 0 saturated carbocycles. The Labute approximate surface area is 128 Å². The fourth-order valence-corrected chi connectivity index (χ4v) is 2.20. The summed E-state index contributed by atoms with van der Waals surface area (Å²) in [7, 11) is 1.64. The predicted molar refractivity (Wildman–Crippen MR) is 84.9 cm³/mol. The molecular formula is C15H16Cl2N2O. The Balaban J connectivity index is 2.16. The third-order valence-electron chi connectivity index (χ3n) is 3.01. The van der Waals surface area contributed by atoms with E-state index in [0.29, 0.717) is 16.6 Å². The van der Waals surface area contributed by atoms with Crippen LogP contribution >= 0.6 is 23.2 Å². The molecule has 2 aromatic rings. The third-order valence-corrected chi connectivity index (χ3v) is 3.75. The van der Waals surface area contributed by atoms with Crippen LogP contribution in [-0.4, -0.2) is 13.7 Å².